The molecule has 0 amide bonds. The van der Waals surface area contributed by atoms with E-state index in [0.29, 0.717) is 6.10 Å². The summed E-state index contributed by atoms with van der Waals surface area (Å²) in [4.78, 5) is 2.21. The molecule has 0 aliphatic carbocycles. The van der Waals surface area contributed by atoms with Gasteiger partial charge in [0.15, 0.2) is 0 Å². The van der Waals surface area contributed by atoms with Gasteiger partial charge in [-0.15, -0.1) is 0 Å². The first kappa shape index (κ1) is 12.5. The number of nitrogens with two attached hydrogens (primary N) is 1. The number of ether oxygens (including phenoxy) is 1. The summed E-state index contributed by atoms with van der Waals surface area (Å²) in [6.07, 6.45) is 4.02. The van der Waals surface area contributed by atoms with Crippen molar-refractivity contribution in [1.82, 2.24) is 4.90 Å². The van der Waals surface area contributed by atoms with Crippen molar-refractivity contribution in [3.63, 3.8) is 0 Å². The Balaban J connectivity index is 2.22. The van der Waals surface area contributed by atoms with E-state index in [1.54, 1.807) is 0 Å². The minimum atomic E-state index is 0.138. The summed E-state index contributed by atoms with van der Waals surface area (Å²) in [5.74, 6) is 0.407. The predicted octanol–water partition coefficient (Wildman–Crippen LogP) is 1.06. The zero-order chi connectivity index (χ0) is 11.3. The molecule has 1 rings (SSSR count). The first-order valence-corrected chi connectivity index (χ1v) is 5.73. The normalized spacial score (nSPS) is 24.1. The van der Waals surface area contributed by atoms with E-state index in [9.17, 15) is 0 Å². The van der Waals surface area contributed by atoms with Gasteiger partial charge in [-0.3, -0.25) is 5.41 Å². The molecule has 0 spiro atoms. The van der Waals surface area contributed by atoms with Crippen LogP contribution in [-0.4, -0.2) is 43.6 Å². The number of hydrogen-bond donors (Lipinski definition) is 2. The monoisotopic (exact) mass is 213 g/mol. The van der Waals surface area contributed by atoms with Crippen LogP contribution in [0.1, 0.15) is 26.2 Å². The Labute approximate surface area is 92.3 Å². The average molecular weight is 213 g/mol. The SMILES string of the molecule is CC(CN(C)CC1CCCCO1)C(=N)N. The van der Waals surface area contributed by atoms with Crippen LogP contribution >= 0.6 is 0 Å². The summed E-state index contributed by atoms with van der Waals surface area (Å²) < 4.78 is 5.66. The number of hydrogen-bond acceptors (Lipinski definition) is 3. The van der Waals surface area contributed by atoms with Crippen molar-refractivity contribution < 1.29 is 4.74 Å². The van der Waals surface area contributed by atoms with Gasteiger partial charge in [0.1, 0.15) is 0 Å². The molecular formula is C11H23N3O. The maximum atomic E-state index is 7.33. The Morgan fingerprint density at radius 1 is 1.60 bits per heavy atom. The van der Waals surface area contributed by atoms with E-state index < -0.39 is 0 Å². The Kier molecular flexibility index (Phi) is 5.05. The zero-order valence-corrected chi connectivity index (χ0v) is 9.83. The highest BCUT2D eigenvalue weighted by atomic mass is 16.5. The molecule has 0 aromatic rings. The van der Waals surface area contributed by atoms with Crippen LogP contribution in [0.25, 0.3) is 0 Å². The summed E-state index contributed by atoms with van der Waals surface area (Å²) >= 11 is 0. The summed E-state index contributed by atoms with van der Waals surface area (Å²) in [7, 11) is 2.07. The minimum absolute atomic E-state index is 0.138. The highest BCUT2D eigenvalue weighted by Gasteiger charge is 2.17. The van der Waals surface area contributed by atoms with Gasteiger partial charge in [0.05, 0.1) is 11.9 Å². The van der Waals surface area contributed by atoms with Crippen LogP contribution < -0.4 is 5.73 Å². The number of amidine groups is 1. The van der Waals surface area contributed by atoms with E-state index in [1.165, 1.54) is 19.3 Å². The first-order chi connectivity index (χ1) is 7.09. The predicted molar refractivity (Wildman–Crippen MR) is 62.2 cm³/mol. The number of nitrogens with one attached hydrogen (secondary N) is 1. The number of rotatable bonds is 5. The van der Waals surface area contributed by atoms with Crippen LogP contribution in [0.15, 0.2) is 0 Å². The van der Waals surface area contributed by atoms with Gasteiger partial charge in [0.2, 0.25) is 0 Å². The molecular weight excluding hydrogens is 190 g/mol. The molecule has 3 N–H and O–H groups in total. The van der Waals surface area contributed by atoms with E-state index in [0.717, 1.165) is 19.7 Å². The van der Waals surface area contributed by atoms with Gasteiger partial charge in [-0.2, -0.15) is 0 Å². The van der Waals surface area contributed by atoms with Gasteiger partial charge in [0, 0.05) is 25.6 Å². The standard InChI is InChI=1S/C11H23N3O/c1-9(11(12)13)7-14(2)8-10-5-3-4-6-15-10/h9-10H,3-8H2,1-2H3,(H3,12,13). The third-order valence-electron chi connectivity index (χ3n) is 2.91. The van der Waals surface area contributed by atoms with E-state index in [4.69, 9.17) is 15.9 Å². The van der Waals surface area contributed by atoms with Crippen molar-refractivity contribution in [1.29, 1.82) is 5.41 Å². The van der Waals surface area contributed by atoms with Crippen molar-refractivity contribution in [3.8, 4) is 0 Å². The lowest BCUT2D eigenvalue weighted by atomic mass is 10.1. The van der Waals surface area contributed by atoms with E-state index in [1.807, 2.05) is 6.92 Å². The van der Waals surface area contributed by atoms with E-state index in [2.05, 4.69) is 11.9 Å². The summed E-state index contributed by atoms with van der Waals surface area (Å²) in [5.41, 5.74) is 5.44. The summed E-state index contributed by atoms with van der Waals surface area (Å²) in [6.45, 7) is 4.69. The van der Waals surface area contributed by atoms with Crippen LogP contribution in [0.5, 0.6) is 0 Å². The lowest BCUT2D eigenvalue weighted by Crippen LogP contribution is -2.38. The molecule has 2 unspecified atom stereocenters. The molecule has 4 nitrogen and oxygen atoms in total. The second-order valence-electron chi connectivity index (χ2n) is 4.57. The topological polar surface area (TPSA) is 62.3 Å². The Hall–Kier alpha value is -0.610. The third-order valence-corrected chi connectivity index (χ3v) is 2.91. The fourth-order valence-corrected chi connectivity index (χ4v) is 1.94. The highest BCUT2D eigenvalue weighted by molar-refractivity contribution is 5.79. The van der Waals surface area contributed by atoms with Crippen molar-refractivity contribution in [2.45, 2.75) is 32.3 Å². The van der Waals surface area contributed by atoms with E-state index >= 15 is 0 Å². The molecule has 88 valence electrons. The first-order valence-electron chi connectivity index (χ1n) is 5.73. The van der Waals surface area contributed by atoms with E-state index in [-0.39, 0.29) is 11.8 Å². The fourth-order valence-electron chi connectivity index (χ4n) is 1.94. The molecule has 0 aromatic carbocycles. The maximum absolute atomic E-state index is 7.33. The quantitative estimate of drug-likeness (QED) is 0.530. The molecule has 2 atom stereocenters. The van der Waals surface area contributed by atoms with Crippen molar-refractivity contribution >= 4 is 5.84 Å². The second-order valence-corrected chi connectivity index (χ2v) is 4.57. The zero-order valence-electron chi connectivity index (χ0n) is 9.83. The molecule has 0 saturated carbocycles. The minimum Gasteiger partial charge on any atom is -0.387 e. The van der Waals surface area contributed by atoms with Gasteiger partial charge < -0.3 is 15.4 Å². The van der Waals surface area contributed by atoms with Crippen LogP contribution in [0.4, 0.5) is 0 Å². The highest BCUT2D eigenvalue weighted by Crippen LogP contribution is 2.13. The van der Waals surface area contributed by atoms with Crippen molar-refractivity contribution in [2.75, 3.05) is 26.7 Å². The summed E-state index contributed by atoms with van der Waals surface area (Å²) in [5, 5.41) is 7.33. The van der Waals surface area contributed by atoms with Gasteiger partial charge >= 0.3 is 0 Å². The van der Waals surface area contributed by atoms with Crippen LogP contribution in [0.2, 0.25) is 0 Å². The number of nitrogens with zero attached hydrogens (tertiary/aromatic N) is 1. The summed E-state index contributed by atoms with van der Waals surface area (Å²) in [6, 6.07) is 0. The maximum Gasteiger partial charge on any atom is 0.0947 e. The van der Waals surface area contributed by atoms with Crippen LogP contribution in [0.3, 0.4) is 0 Å². The fraction of sp³-hybridized carbons (Fsp3) is 0.909. The smallest absolute Gasteiger partial charge is 0.0947 e. The number of likely N-dealkylation sites (N-methyl/N-ethyl adjacent to an activating group) is 1. The largest absolute Gasteiger partial charge is 0.387 e. The molecule has 4 heteroatoms. The molecule has 0 radical (unpaired) electrons. The van der Waals surface area contributed by atoms with Crippen LogP contribution in [0, 0.1) is 11.3 Å². The molecule has 1 aliphatic rings. The van der Waals surface area contributed by atoms with Crippen molar-refractivity contribution in [2.24, 2.45) is 11.7 Å². The molecule has 15 heavy (non-hydrogen) atoms. The van der Waals surface area contributed by atoms with Crippen LogP contribution in [-0.2, 0) is 4.74 Å². The van der Waals surface area contributed by atoms with Crippen molar-refractivity contribution in [3.05, 3.63) is 0 Å². The van der Waals surface area contributed by atoms with Gasteiger partial charge in [-0.25, -0.2) is 0 Å². The Bertz CT molecular complexity index is 202. The third kappa shape index (κ3) is 4.62. The Morgan fingerprint density at radius 3 is 2.87 bits per heavy atom. The molecule has 0 aromatic heterocycles. The Morgan fingerprint density at radius 2 is 2.33 bits per heavy atom. The molecule has 1 saturated heterocycles. The second kappa shape index (κ2) is 6.08. The lowest BCUT2D eigenvalue weighted by molar-refractivity contribution is -0.00220. The molecule has 1 aliphatic heterocycles. The molecule has 1 fully saturated rings. The molecule has 0 bridgehead atoms. The average Bonchev–Trinajstić information content (AvgIpc) is 2.18. The van der Waals surface area contributed by atoms with Gasteiger partial charge in [0.25, 0.3) is 0 Å². The van der Waals surface area contributed by atoms with Gasteiger partial charge in [-0.05, 0) is 26.3 Å². The van der Waals surface area contributed by atoms with Gasteiger partial charge in [-0.1, -0.05) is 6.92 Å². The molecule has 1 heterocycles. The lowest BCUT2D eigenvalue weighted by Gasteiger charge is -2.28.